The maximum atomic E-state index is 11.5. The molecule has 0 saturated heterocycles. The zero-order valence-electron chi connectivity index (χ0n) is 15.7. The molecule has 0 aliphatic heterocycles. The second-order valence-electron chi connectivity index (χ2n) is 7.00. The van der Waals surface area contributed by atoms with Crippen LogP contribution in [0.2, 0.25) is 0 Å². The van der Waals surface area contributed by atoms with Gasteiger partial charge in [0.25, 0.3) is 0 Å². The van der Waals surface area contributed by atoms with Crippen molar-refractivity contribution in [2.45, 2.75) is 73.1 Å². The molecule has 0 spiro atoms. The molecule has 1 rings (SSSR count). The molecule has 0 bridgehead atoms. The van der Waals surface area contributed by atoms with Gasteiger partial charge in [-0.05, 0) is 29.4 Å². The summed E-state index contributed by atoms with van der Waals surface area (Å²) < 4.78 is 10.2. The number of carbonyl (C=O) groups excluding carboxylic acids is 1. The standard InChI is InChI=1S/C17H26O3.C2H6/c1-8-19-15(18)20-14-10-9-12(16(2,3)4)11-13(14)17(5,6)7;1-2/h9-11H,8H2,1-7H3;1-2H3. The molecule has 22 heavy (non-hydrogen) atoms. The van der Waals surface area contributed by atoms with E-state index in [-0.39, 0.29) is 10.8 Å². The molecule has 0 N–H and O–H groups in total. The SMILES string of the molecule is CC.CCOC(=O)Oc1ccc(C(C)(C)C)cc1C(C)(C)C. The van der Waals surface area contributed by atoms with E-state index in [1.165, 1.54) is 5.56 Å². The van der Waals surface area contributed by atoms with Crippen LogP contribution in [0.1, 0.15) is 73.4 Å². The minimum Gasteiger partial charge on any atom is -0.434 e. The molecule has 0 saturated carbocycles. The van der Waals surface area contributed by atoms with Crippen LogP contribution < -0.4 is 4.74 Å². The Bertz CT molecular complexity index is 476. The Morgan fingerprint density at radius 2 is 1.55 bits per heavy atom. The van der Waals surface area contributed by atoms with E-state index in [4.69, 9.17) is 9.47 Å². The highest BCUT2D eigenvalue weighted by molar-refractivity contribution is 5.65. The van der Waals surface area contributed by atoms with Crippen molar-refractivity contribution in [3.8, 4) is 5.75 Å². The molecule has 3 heteroatoms. The van der Waals surface area contributed by atoms with E-state index in [0.717, 1.165) is 5.56 Å². The monoisotopic (exact) mass is 308 g/mol. The molecule has 1 aromatic carbocycles. The van der Waals surface area contributed by atoms with Crippen molar-refractivity contribution in [2.24, 2.45) is 0 Å². The fourth-order valence-corrected chi connectivity index (χ4v) is 1.91. The number of hydrogen-bond donors (Lipinski definition) is 0. The van der Waals surface area contributed by atoms with E-state index < -0.39 is 6.16 Å². The largest absolute Gasteiger partial charge is 0.513 e. The van der Waals surface area contributed by atoms with Gasteiger partial charge in [0.1, 0.15) is 5.75 Å². The maximum absolute atomic E-state index is 11.5. The van der Waals surface area contributed by atoms with E-state index in [1.807, 2.05) is 26.0 Å². The van der Waals surface area contributed by atoms with E-state index in [1.54, 1.807) is 6.92 Å². The van der Waals surface area contributed by atoms with Gasteiger partial charge in [-0.1, -0.05) is 67.5 Å². The molecule has 126 valence electrons. The molecule has 3 nitrogen and oxygen atoms in total. The fourth-order valence-electron chi connectivity index (χ4n) is 1.91. The lowest BCUT2D eigenvalue weighted by Gasteiger charge is -2.26. The first-order valence-electron chi connectivity index (χ1n) is 8.05. The van der Waals surface area contributed by atoms with Gasteiger partial charge in [-0.15, -0.1) is 0 Å². The van der Waals surface area contributed by atoms with Crippen LogP contribution in [0.3, 0.4) is 0 Å². The summed E-state index contributed by atoms with van der Waals surface area (Å²) >= 11 is 0. The van der Waals surface area contributed by atoms with Gasteiger partial charge in [-0.25, -0.2) is 4.79 Å². The Hall–Kier alpha value is -1.51. The van der Waals surface area contributed by atoms with Crippen LogP contribution in [-0.2, 0) is 15.6 Å². The summed E-state index contributed by atoms with van der Waals surface area (Å²) in [5.74, 6) is 0.573. The van der Waals surface area contributed by atoms with Crippen molar-refractivity contribution < 1.29 is 14.3 Å². The van der Waals surface area contributed by atoms with Gasteiger partial charge in [0, 0.05) is 5.56 Å². The fraction of sp³-hybridized carbons (Fsp3) is 0.632. The third kappa shape index (κ3) is 6.08. The quantitative estimate of drug-likeness (QED) is 0.508. The Labute approximate surface area is 136 Å². The Kier molecular flexibility index (Phi) is 7.65. The van der Waals surface area contributed by atoms with Gasteiger partial charge in [-0.2, -0.15) is 0 Å². The van der Waals surface area contributed by atoms with E-state index in [0.29, 0.717) is 12.4 Å². The molecule has 0 amide bonds. The Morgan fingerprint density at radius 1 is 1.00 bits per heavy atom. The number of hydrogen-bond acceptors (Lipinski definition) is 3. The summed E-state index contributed by atoms with van der Waals surface area (Å²) in [5.41, 5.74) is 2.18. The summed E-state index contributed by atoms with van der Waals surface area (Å²) in [5, 5.41) is 0. The Morgan fingerprint density at radius 3 is 1.95 bits per heavy atom. The maximum Gasteiger partial charge on any atom is 0.513 e. The molecule has 0 aliphatic carbocycles. The van der Waals surface area contributed by atoms with E-state index in [9.17, 15) is 4.79 Å². The van der Waals surface area contributed by atoms with Crippen LogP contribution in [0.15, 0.2) is 18.2 Å². The van der Waals surface area contributed by atoms with Gasteiger partial charge in [-0.3, -0.25) is 0 Å². The molecule has 0 radical (unpaired) electrons. The molecule has 0 atom stereocenters. The molecule has 0 heterocycles. The summed E-state index contributed by atoms with van der Waals surface area (Å²) in [6, 6.07) is 5.98. The number of carbonyl (C=O) groups is 1. The van der Waals surface area contributed by atoms with E-state index in [2.05, 4.69) is 47.6 Å². The first-order valence-corrected chi connectivity index (χ1v) is 8.05. The van der Waals surface area contributed by atoms with Crippen LogP contribution in [0.5, 0.6) is 5.75 Å². The molecule has 0 aromatic heterocycles. The smallest absolute Gasteiger partial charge is 0.434 e. The predicted molar refractivity (Wildman–Crippen MR) is 92.8 cm³/mol. The minimum atomic E-state index is -0.651. The minimum absolute atomic E-state index is 0.0580. The topological polar surface area (TPSA) is 35.5 Å². The average Bonchev–Trinajstić information content (AvgIpc) is 2.39. The predicted octanol–water partition coefficient (Wildman–Crippen LogP) is 5.84. The first kappa shape index (κ1) is 20.5. The van der Waals surface area contributed by atoms with Crippen molar-refractivity contribution in [2.75, 3.05) is 6.61 Å². The summed E-state index contributed by atoms with van der Waals surface area (Å²) in [6.45, 7) is 18.9. The molecule has 0 unspecified atom stereocenters. The van der Waals surface area contributed by atoms with E-state index >= 15 is 0 Å². The van der Waals surface area contributed by atoms with Crippen LogP contribution >= 0.6 is 0 Å². The second kappa shape index (κ2) is 8.21. The van der Waals surface area contributed by atoms with Gasteiger partial charge < -0.3 is 9.47 Å². The molecular formula is C19H32O3. The number of rotatable bonds is 2. The zero-order valence-corrected chi connectivity index (χ0v) is 15.7. The van der Waals surface area contributed by atoms with Gasteiger partial charge >= 0.3 is 6.16 Å². The Balaban J connectivity index is 0.00000211. The van der Waals surface area contributed by atoms with Gasteiger partial charge in [0.2, 0.25) is 0 Å². The molecule has 1 aromatic rings. The lowest BCUT2D eigenvalue weighted by atomic mass is 9.80. The first-order chi connectivity index (χ1) is 10.1. The van der Waals surface area contributed by atoms with Gasteiger partial charge in [0.15, 0.2) is 0 Å². The summed E-state index contributed by atoms with van der Waals surface area (Å²) in [7, 11) is 0. The highest BCUT2D eigenvalue weighted by atomic mass is 16.7. The van der Waals surface area contributed by atoms with Crippen LogP contribution in [-0.4, -0.2) is 12.8 Å². The van der Waals surface area contributed by atoms with Crippen molar-refractivity contribution in [1.82, 2.24) is 0 Å². The van der Waals surface area contributed by atoms with Gasteiger partial charge in [0.05, 0.1) is 6.61 Å². The second-order valence-corrected chi connectivity index (χ2v) is 7.00. The molecule has 0 fully saturated rings. The van der Waals surface area contributed by atoms with Crippen molar-refractivity contribution in [3.05, 3.63) is 29.3 Å². The van der Waals surface area contributed by atoms with Crippen molar-refractivity contribution in [3.63, 3.8) is 0 Å². The van der Waals surface area contributed by atoms with Crippen LogP contribution in [0.25, 0.3) is 0 Å². The third-order valence-electron chi connectivity index (χ3n) is 3.11. The number of benzene rings is 1. The van der Waals surface area contributed by atoms with Crippen LogP contribution in [0, 0.1) is 0 Å². The lowest BCUT2D eigenvalue weighted by Crippen LogP contribution is -2.19. The molecular weight excluding hydrogens is 276 g/mol. The summed E-state index contributed by atoms with van der Waals surface area (Å²) in [4.78, 5) is 11.5. The summed E-state index contributed by atoms with van der Waals surface area (Å²) in [6.07, 6.45) is -0.651. The number of ether oxygens (including phenoxy) is 2. The average molecular weight is 308 g/mol. The third-order valence-corrected chi connectivity index (χ3v) is 3.11. The van der Waals surface area contributed by atoms with Crippen molar-refractivity contribution in [1.29, 1.82) is 0 Å². The zero-order chi connectivity index (χ0) is 17.6. The molecule has 0 aliphatic rings. The van der Waals surface area contributed by atoms with Crippen LogP contribution in [0.4, 0.5) is 4.79 Å². The van der Waals surface area contributed by atoms with Crippen molar-refractivity contribution >= 4 is 6.16 Å². The lowest BCUT2D eigenvalue weighted by molar-refractivity contribution is 0.103. The highest BCUT2D eigenvalue weighted by Gasteiger charge is 2.24. The highest BCUT2D eigenvalue weighted by Crippen LogP contribution is 2.35. The normalized spacial score (nSPS) is 11.3.